The highest BCUT2D eigenvalue weighted by molar-refractivity contribution is 6.01. The van der Waals surface area contributed by atoms with Crippen LogP contribution in [0.4, 0.5) is 4.39 Å². The van der Waals surface area contributed by atoms with Gasteiger partial charge in [0.15, 0.2) is 0 Å². The molecule has 5 rings (SSSR count). The molecule has 1 saturated heterocycles. The fraction of sp³-hybridized carbons (Fsp3) is 0.391. The van der Waals surface area contributed by atoms with E-state index in [-0.39, 0.29) is 29.7 Å². The number of fused-ring (bicyclic) bond motifs is 2. The van der Waals surface area contributed by atoms with Gasteiger partial charge in [0.05, 0.1) is 6.04 Å². The van der Waals surface area contributed by atoms with Crippen LogP contribution in [0.5, 0.6) is 0 Å². The van der Waals surface area contributed by atoms with Crippen LogP contribution in [0.25, 0.3) is 0 Å². The van der Waals surface area contributed by atoms with Crippen molar-refractivity contribution >= 4 is 11.8 Å². The highest BCUT2D eigenvalue weighted by atomic mass is 19.1. The minimum absolute atomic E-state index is 0.0525. The molecule has 1 fully saturated rings. The van der Waals surface area contributed by atoms with Crippen LogP contribution in [0.15, 0.2) is 36.4 Å². The maximum absolute atomic E-state index is 14.2. The van der Waals surface area contributed by atoms with E-state index in [1.807, 2.05) is 24.0 Å². The standard InChI is InChI=1S/C23H24FN3O2/c1-14-21-16(4-2-6-20(21)24)12-26(14)22(28)15-7-8-19-17(10-15)13-27(23(19)29)18-5-3-9-25-11-18/h2,4,6-8,10,14,18,25H,3,5,9,11-13H2,1H3. The first-order valence-electron chi connectivity index (χ1n) is 10.3. The summed E-state index contributed by atoms with van der Waals surface area (Å²) in [5.41, 5.74) is 3.62. The lowest BCUT2D eigenvalue weighted by molar-refractivity contribution is 0.0673. The number of hydrogen-bond acceptors (Lipinski definition) is 3. The van der Waals surface area contributed by atoms with Crippen LogP contribution in [-0.2, 0) is 13.1 Å². The molecule has 2 unspecified atom stereocenters. The van der Waals surface area contributed by atoms with Crippen molar-refractivity contribution in [2.24, 2.45) is 0 Å². The van der Waals surface area contributed by atoms with Crippen molar-refractivity contribution in [1.82, 2.24) is 15.1 Å². The molecule has 0 spiro atoms. The first kappa shape index (κ1) is 18.3. The van der Waals surface area contributed by atoms with E-state index in [1.54, 1.807) is 23.1 Å². The summed E-state index contributed by atoms with van der Waals surface area (Å²) in [5, 5.41) is 3.36. The Morgan fingerprint density at radius 1 is 1.17 bits per heavy atom. The van der Waals surface area contributed by atoms with Crippen LogP contribution in [0, 0.1) is 5.82 Å². The monoisotopic (exact) mass is 393 g/mol. The molecule has 2 aromatic carbocycles. The van der Waals surface area contributed by atoms with Gasteiger partial charge in [0.1, 0.15) is 5.82 Å². The van der Waals surface area contributed by atoms with Crippen LogP contribution in [0.1, 0.15) is 63.2 Å². The number of piperidine rings is 1. The summed E-state index contributed by atoms with van der Waals surface area (Å²) >= 11 is 0. The molecule has 2 aromatic rings. The van der Waals surface area contributed by atoms with Gasteiger partial charge in [-0.1, -0.05) is 12.1 Å². The predicted octanol–water partition coefficient (Wildman–Crippen LogP) is 3.25. The molecule has 5 nitrogen and oxygen atoms in total. The van der Waals surface area contributed by atoms with Crippen LogP contribution in [-0.4, -0.2) is 40.7 Å². The summed E-state index contributed by atoms with van der Waals surface area (Å²) < 4.78 is 14.2. The Morgan fingerprint density at radius 2 is 2.03 bits per heavy atom. The van der Waals surface area contributed by atoms with E-state index in [1.165, 1.54) is 6.07 Å². The maximum Gasteiger partial charge on any atom is 0.254 e. The molecule has 0 radical (unpaired) electrons. The SMILES string of the molecule is CC1c2c(F)cccc2CN1C(=O)c1ccc2c(c1)CN(C1CCCNC1)C2=O. The lowest BCUT2D eigenvalue weighted by Gasteiger charge is -2.31. The van der Waals surface area contributed by atoms with E-state index in [0.717, 1.165) is 37.1 Å². The van der Waals surface area contributed by atoms with E-state index in [4.69, 9.17) is 0 Å². The molecular weight excluding hydrogens is 369 g/mol. The summed E-state index contributed by atoms with van der Waals surface area (Å²) in [5.74, 6) is -0.334. The molecule has 150 valence electrons. The summed E-state index contributed by atoms with van der Waals surface area (Å²) in [6.07, 6.45) is 2.08. The van der Waals surface area contributed by atoms with Crippen LogP contribution in [0.2, 0.25) is 0 Å². The van der Waals surface area contributed by atoms with Gasteiger partial charge in [0.2, 0.25) is 0 Å². The topological polar surface area (TPSA) is 52.7 Å². The van der Waals surface area contributed by atoms with E-state index < -0.39 is 0 Å². The normalized spacial score (nSPS) is 23.3. The minimum atomic E-state index is -0.307. The Hall–Kier alpha value is -2.73. The third-order valence-corrected chi connectivity index (χ3v) is 6.53. The van der Waals surface area contributed by atoms with E-state index in [9.17, 15) is 14.0 Å². The smallest absolute Gasteiger partial charge is 0.254 e. The van der Waals surface area contributed by atoms with Crippen LogP contribution < -0.4 is 5.32 Å². The van der Waals surface area contributed by atoms with Gasteiger partial charge in [-0.25, -0.2) is 4.39 Å². The second kappa shape index (κ2) is 6.95. The average Bonchev–Trinajstić information content (AvgIpc) is 3.26. The molecule has 3 aliphatic rings. The number of carbonyl (C=O) groups is 2. The first-order chi connectivity index (χ1) is 14.0. The zero-order chi connectivity index (χ0) is 20.1. The van der Waals surface area contributed by atoms with Gasteiger partial charge in [-0.2, -0.15) is 0 Å². The average molecular weight is 393 g/mol. The minimum Gasteiger partial charge on any atom is -0.330 e. The number of hydrogen-bond donors (Lipinski definition) is 1. The maximum atomic E-state index is 14.2. The Kier molecular flexibility index (Phi) is 4.39. The Balaban J connectivity index is 1.39. The predicted molar refractivity (Wildman–Crippen MR) is 107 cm³/mol. The second-order valence-electron chi connectivity index (χ2n) is 8.23. The van der Waals surface area contributed by atoms with E-state index in [0.29, 0.717) is 29.8 Å². The quantitative estimate of drug-likeness (QED) is 0.852. The Morgan fingerprint density at radius 3 is 2.79 bits per heavy atom. The summed E-state index contributed by atoms with van der Waals surface area (Å²) in [4.78, 5) is 29.7. The van der Waals surface area contributed by atoms with Crippen molar-refractivity contribution in [2.45, 2.75) is 44.9 Å². The second-order valence-corrected chi connectivity index (χ2v) is 8.23. The number of carbonyl (C=O) groups excluding carboxylic acids is 2. The highest BCUT2D eigenvalue weighted by Crippen LogP contribution is 2.36. The first-order valence-corrected chi connectivity index (χ1v) is 10.3. The van der Waals surface area contributed by atoms with Crippen molar-refractivity contribution < 1.29 is 14.0 Å². The summed E-state index contributed by atoms with van der Waals surface area (Å²) in [6, 6.07) is 10.3. The molecule has 3 heterocycles. The highest BCUT2D eigenvalue weighted by Gasteiger charge is 2.36. The van der Waals surface area contributed by atoms with Crippen LogP contribution in [0.3, 0.4) is 0 Å². The molecule has 0 aliphatic carbocycles. The Bertz CT molecular complexity index is 1000. The number of nitrogens with zero attached hydrogens (tertiary/aromatic N) is 2. The van der Waals surface area contributed by atoms with E-state index >= 15 is 0 Å². The van der Waals surface area contributed by atoms with Gasteiger partial charge < -0.3 is 15.1 Å². The number of rotatable bonds is 2. The van der Waals surface area contributed by atoms with Crippen LogP contribution >= 0.6 is 0 Å². The van der Waals surface area contributed by atoms with Crippen molar-refractivity contribution in [2.75, 3.05) is 13.1 Å². The molecule has 6 heteroatoms. The number of amides is 2. The Labute approximate surface area is 169 Å². The van der Waals surface area contributed by atoms with Gasteiger partial charge in [0.25, 0.3) is 11.8 Å². The fourth-order valence-electron chi connectivity index (χ4n) is 4.95. The molecule has 0 saturated carbocycles. The third kappa shape index (κ3) is 2.94. The van der Waals surface area contributed by atoms with Crippen molar-refractivity contribution in [1.29, 1.82) is 0 Å². The number of halogens is 1. The largest absolute Gasteiger partial charge is 0.330 e. The molecular formula is C23H24FN3O2. The zero-order valence-electron chi connectivity index (χ0n) is 16.5. The van der Waals surface area contributed by atoms with Gasteiger partial charge in [-0.05, 0) is 61.7 Å². The third-order valence-electron chi connectivity index (χ3n) is 6.53. The van der Waals surface area contributed by atoms with Crippen molar-refractivity contribution in [3.63, 3.8) is 0 Å². The zero-order valence-corrected chi connectivity index (χ0v) is 16.5. The fourth-order valence-corrected chi connectivity index (χ4v) is 4.95. The molecule has 1 N–H and O–H groups in total. The molecule has 2 amide bonds. The van der Waals surface area contributed by atoms with Gasteiger partial charge in [0, 0.05) is 42.4 Å². The lowest BCUT2D eigenvalue weighted by Crippen LogP contribution is -2.46. The number of benzene rings is 2. The van der Waals surface area contributed by atoms with Crippen molar-refractivity contribution in [3.05, 3.63) is 70.0 Å². The summed E-state index contributed by atoms with van der Waals surface area (Å²) in [6.45, 7) is 4.64. The summed E-state index contributed by atoms with van der Waals surface area (Å²) in [7, 11) is 0. The van der Waals surface area contributed by atoms with Gasteiger partial charge in [-0.15, -0.1) is 0 Å². The molecule has 3 aliphatic heterocycles. The van der Waals surface area contributed by atoms with Gasteiger partial charge in [-0.3, -0.25) is 9.59 Å². The van der Waals surface area contributed by atoms with Crippen molar-refractivity contribution in [3.8, 4) is 0 Å². The molecule has 29 heavy (non-hydrogen) atoms. The van der Waals surface area contributed by atoms with E-state index in [2.05, 4.69) is 5.32 Å². The molecule has 0 aromatic heterocycles. The van der Waals surface area contributed by atoms with Gasteiger partial charge >= 0.3 is 0 Å². The molecule has 0 bridgehead atoms. The molecule has 2 atom stereocenters. The number of nitrogens with one attached hydrogen (secondary N) is 1. The lowest BCUT2D eigenvalue weighted by atomic mass is 10.0.